The standard InChI is InChI=1S/C21H25F3N2O3/c1-13-10-18-16(12-28-13)20(29-15-6-4-3-5-7-15)25-26(18)14-8-9-17(21(22,23)24)19(11-14)27-2/h8-9,11,13,15H,3-7,10,12H2,1-2H3/t13-/m1/s1. The number of hydrogen-bond donors (Lipinski definition) is 0. The van der Waals surface area contributed by atoms with Gasteiger partial charge in [0.05, 0.1) is 42.3 Å². The first-order valence-electron chi connectivity index (χ1n) is 10.0. The molecule has 8 heteroatoms. The number of hydrogen-bond acceptors (Lipinski definition) is 4. The van der Waals surface area contributed by atoms with E-state index in [9.17, 15) is 13.2 Å². The van der Waals surface area contributed by atoms with Crippen molar-refractivity contribution in [1.29, 1.82) is 0 Å². The minimum atomic E-state index is -4.48. The average Bonchev–Trinajstić information content (AvgIpc) is 3.05. The van der Waals surface area contributed by atoms with Gasteiger partial charge in [0.25, 0.3) is 0 Å². The maximum absolute atomic E-state index is 13.2. The largest absolute Gasteiger partial charge is 0.496 e. The van der Waals surface area contributed by atoms with E-state index in [1.807, 2.05) is 6.92 Å². The van der Waals surface area contributed by atoms with Crippen LogP contribution in [-0.4, -0.2) is 29.1 Å². The van der Waals surface area contributed by atoms with Crippen LogP contribution >= 0.6 is 0 Å². The maximum Gasteiger partial charge on any atom is 0.419 e. The van der Waals surface area contributed by atoms with E-state index in [2.05, 4.69) is 5.10 Å². The summed E-state index contributed by atoms with van der Waals surface area (Å²) >= 11 is 0. The number of rotatable bonds is 4. The van der Waals surface area contributed by atoms with Gasteiger partial charge in [0, 0.05) is 12.5 Å². The van der Waals surface area contributed by atoms with Gasteiger partial charge in [-0.05, 0) is 44.7 Å². The lowest BCUT2D eigenvalue weighted by Crippen LogP contribution is -2.22. The van der Waals surface area contributed by atoms with Gasteiger partial charge in [0.15, 0.2) is 0 Å². The molecule has 158 valence electrons. The van der Waals surface area contributed by atoms with Gasteiger partial charge in [-0.15, -0.1) is 5.10 Å². The fourth-order valence-corrected chi connectivity index (χ4v) is 4.07. The molecule has 1 aliphatic carbocycles. The number of methoxy groups -OCH3 is 1. The van der Waals surface area contributed by atoms with Crippen LogP contribution in [0, 0.1) is 0 Å². The third-order valence-electron chi connectivity index (χ3n) is 5.61. The summed E-state index contributed by atoms with van der Waals surface area (Å²) in [5.41, 5.74) is 1.50. The summed E-state index contributed by atoms with van der Waals surface area (Å²) in [6, 6.07) is 3.83. The van der Waals surface area contributed by atoms with Crippen molar-refractivity contribution in [2.45, 2.75) is 70.4 Å². The zero-order valence-electron chi connectivity index (χ0n) is 16.6. The van der Waals surface area contributed by atoms with Gasteiger partial charge in [-0.3, -0.25) is 0 Å². The molecule has 1 fully saturated rings. The van der Waals surface area contributed by atoms with Gasteiger partial charge in [0.1, 0.15) is 11.9 Å². The van der Waals surface area contributed by atoms with Crippen molar-refractivity contribution in [2.75, 3.05) is 7.11 Å². The van der Waals surface area contributed by atoms with Crippen molar-refractivity contribution < 1.29 is 27.4 Å². The van der Waals surface area contributed by atoms with Gasteiger partial charge in [0.2, 0.25) is 5.88 Å². The number of alkyl halides is 3. The molecular weight excluding hydrogens is 385 g/mol. The first-order chi connectivity index (χ1) is 13.9. The Balaban J connectivity index is 1.73. The lowest BCUT2D eigenvalue weighted by atomic mass is 9.98. The summed E-state index contributed by atoms with van der Waals surface area (Å²) in [5, 5.41) is 4.64. The Morgan fingerprint density at radius 2 is 1.93 bits per heavy atom. The highest BCUT2D eigenvalue weighted by Gasteiger charge is 2.35. The lowest BCUT2D eigenvalue weighted by Gasteiger charge is -2.24. The van der Waals surface area contributed by atoms with Crippen LogP contribution < -0.4 is 9.47 Å². The Hall–Kier alpha value is -2.22. The fourth-order valence-electron chi connectivity index (χ4n) is 4.07. The summed E-state index contributed by atoms with van der Waals surface area (Å²) in [7, 11) is 1.24. The van der Waals surface area contributed by atoms with Gasteiger partial charge < -0.3 is 14.2 Å². The van der Waals surface area contributed by atoms with Crippen LogP contribution in [0.15, 0.2) is 18.2 Å². The molecule has 0 bridgehead atoms. The topological polar surface area (TPSA) is 45.5 Å². The molecule has 2 heterocycles. The van der Waals surface area contributed by atoms with E-state index in [-0.39, 0.29) is 18.0 Å². The lowest BCUT2D eigenvalue weighted by molar-refractivity contribution is -0.138. The molecule has 0 spiro atoms. The van der Waals surface area contributed by atoms with Gasteiger partial charge >= 0.3 is 6.18 Å². The number of nitrogens with zero attached hydrogens (tertiary/aromatic N) is 2. The molecular formula is C21H25F3N2O3. The quantitative estimate of drug-likeness (QED) is 0.706. The van der Waals surface area contributed by atoms with E-state index >= 15 is 0 Å². The molecule has 2 aliphatic rings. The number of aromatic nitrogens is 2. The average molecular weight is 410 g/mol. The van der Waals surface area contributed by atoms with Crippen LogP contribution in [0.25, 0.3) is 5.69 Å². The maximum atomic E-state index is 13.2. The number of halogens is 3. The molecule has 5 nitrogen and oxygen atoms in total. The Kier molecular flexibility index (Phi) is 5.46. The Morgan fingerprint density at radius 1 is 1.17 bits per heavy atom. The second-order valence-corrected chi connectivity index (χ2v) is 7.73. The molecule has 1 aromatic carbocycles. The van der Waals surface area contributed by atoms with E-state index in [1.54, 1.807) is 4.68 Å². The van der Waals surface area contributed by atoms with Crippen LogP contribution in [0.4, 0.5) is 13.2 Å². The molecule has 4 rings (SSSR count). The number of fused-ring (bicyclic) bond motifs is 1. The van der Waals surface area contributed by atoms with E-state index in [0.717, 1.165) is 43.0 Å². The van der Waals surface area contributed by atoms with E-state index in [1.165, 1.54) is 25.7 Å². The molecule has 0 radical (unpaired) electrons. The summed E-state index contributed by atoms with van der Waals surface area (Å²) in [4.78, 5) is 0. The zero-order chi connectivity index (χ0) is 20.6. The molecule has 0 N–H and O–H groups in total. The highest BCUT2D eigenvalue weighted by molar-refractivity contribution is 5.48. The van der Waals surface area contributed by atoms with Gasteiger partial charge in [-0.2, -0.15) is 13.2 Å². The van der Waals surface area contributed by atoms with Crippen molar-refractivity contribution in [2.24, 2.45) is 0 Å². The van der Waals surface area contributed by atoms with E-state index in [4.69, 9.17) is 14.2 Å². The molecule has 0 saturated heterocycles. The predicted molar refractivity (Wildman–Crippen MR) is 101 cm³/mol. The Bertz CT molecular complexity index is 873. The SMILES string of the molecule is COc1cc(-n2nc(OC3CCCCC3)c3c2C[C@@H](C)OC3)ccc1C(F)(F)F. The predicted octanol–water partition coefficient (Wildman–Crippen LogP) is 5.07. The summed E-state index contributed by atoms with van der Waals surface area (Å²) in [6.07, 6.45) is 1.73. The third-order valence-corrected chi connectivity index (χ3v) is 5.61. The highest BCUT2D eigenvalue weighted by atomic mass is 19.4. The van der Waals surface area contributed by atoms with Crippen LogP contribution in [0.3, 0.4) is 0 Å². The number of benzene rings is 1. The van der Waals surface area contributed by atoms with Crippen molar-refractivity contribution in [1.82, 2.24) is 9.78 Å². The minimum absolute atomic E-state index is 0.00294. The second-order valence-electron chi connectivity index (χ2n) is 7.73. The summed E-state index contributed by atoms with van der Waals surface area (Å²) < 4.78 is 58.3. The Morgan fingerprint density at radius 3 is 2.62 bits per heavy atom. The normalized spacial score (nSPS) is 20.4. The molecule has 1 aromatic heterocycles. The zero-order valence-corrected chi connectivity index (χ0v) is 16.6. The molecule has 0 unspecified atom stereocenters. The molecule has 29 heavy (non-hydrogen) atoms. The van der Waals surface area contributed by atoms with Gasteiger partial charge in [-0.25, -0.2) is 4.68 Å². The van der Waals surface area contributed by atoms with Crippen molar-refractivity contribution in [3.8, 4) is 17.3 Å². The van der Waals surface area contributed by atoms with Crippen LogP contribution in [0.1, 0.15) is 55.8 Å². The molecule has 1 aliphatic heterocycles. The van der Waals surface area contributed by atoms with Crippen molar-refractivity contribution >= 4 is 0 Å². The second kappa shape index (κ2) is 7.89. The van der Waals surface area contributed by atoms with Crippen LogP contribution in [-0.2, 0) is 23.9 Å². The minimum Gasteiger partial charge on any atom is -0.496 e. The van der Waals surface area contributed by atoms with Crippen LogP contribution in [0.2, 0.25) is 0 Å². The highest BCUT2D eigenvalue weighted by Crippen LogP contribution is 2.39. The van der Waals surface area contributed by atoms with E-state index < -0.39 is 11.7 Å². The van der Waals surface area contributed by atoms with Crippen molar-refractivity contribution in [3.05, 3.63) is 35.0 Å². The Labute approximate surface area is 167 Å². The summed E-state index contributed by atoms with van der Waals surface area (Å²) in [6.45, 7) is 2.35. The molecule has 0 amide bonds. The fraction of sp³-hybridized carbons (Fsp3) is 0.571. The first-order valence-corrected chi connectivity index (χ1v) is 10.0. The third kappa shape index (κ3) is 4.08. The van der Waals surface area contributed by atoms with Crippen molar-refractivity contribution in [3.63, 3.8) is 0 Å². The van der Waals surface area contributed by atoms with E-state index in [0.29, 0.717) is 24.6 Å². The molecule has 1 saturated carbocycles. The number of ether oxygens (including phenoxy) is 3. The smallest absolute Gasteiger partial charge is 0.419 e. The first kappa shape index (κ1) is 20.1. The summed E-state index contributed by atoms with van der Waals surface area (Å²) in [5.74, 6) is 0.298. The monoisotopic (exact) mass is 410 g/mol. The molecule has 2 aromatic rings. The van der Waals surface area contributed by atoms with Crippen LogP contribution in [0.5, 0.6) is 11.6 Å². The molecule has 1 atom stereocenters. The van der Waals surface area contributed by atoms with Gasteiger partial charge in [-0.1, -0.05) is 6.42 Å².